The van der Waals surface area contributed by atoms with Crippen LogP contribution in [0.25, 0.3) is 0 Å². The van der Waals surface area contributed by atoms with Crippen molar-refractivity contribution < 1.29 is 15.0 Å². The minimum absolute atomic E-state index is 0.227. The molecule has 4 N–H and O–H groups in total. The number of anilines is 1. The number of aliphatic carboxylic acids is 1. The molecule has 0 amide bonds. The van der Waals surface area contributed by atoms with Crippen molar-refractivity contribution >= 4 is 11.7 Å². The summed E-state index contributed by atoms with van der Waals surface area (Å²) in [5.41, 5.74) is 5.95. The van der Waals surface area contributed by atoms with Gasteiger partial charge in [0.15, 0.2) is 6.10 Å². The predicted molar refractivity (Wildman–Crippen MR) is 43.5 cm³/mol. The van der Waals surface area contributed by atoms with Crippen molar-refractivity contribution in [1.82, 2.24) is 0 Å². The van der Waals surface area contributed by atoms with Crippen molar-refractivity contribution in [1.29, 1.82) is 0 Å². The van der Waals surface area contributed by atoms with E-state index in [1.807, 2.05) is 0 Å². The number of carbonyl (C=O) groups is 1. The normalized spacial score (nSPS) is 12.4. The summed E-state index contributed by atoms with van der Waals surface area (Å²) in [4.78, 5) is 10.3. The minimum atomic E-state index is -1.54. The molecule has 0 aromatic heterocycles. The quantitative estimate of drug-likeness (QED) is 0.556. The Morgan fingerprint density at radius 2 is 2.00 bits per heavy atom. The van der Waals surface area contributed by atoms with E-state index < -0.39 is 12.1 Å². The highest BCUT2D eigenvalue weighted by atomic mass is 16.4. The van der Waals surface area contributed by atoms with Crippen LogP contribution in [0, 0.1) is 0 Å². The molecule has 0 bridgehead atoms. The lowest BCUT2D eigenvalue weighted by molar-refractivity contribution is -0.146. The van der Waals surface area contributed by atoms with Crippen molar-refractivity contribution in [3.05, 3.63) is 29.8 Å². The molecule has 0 aliphatic rings. The molecule has 4 nitrogen and oxygen atoms in total. The van der Waals surface area contributed by atoms with Crippen LogP contribution in [-0.4, -0.2) is 16.2 Å². The van der Waals surface area contributed by atoms with Crippen LogP contribution in [0.1, 0.15) is 11.7 Å². The zero-order chi connectivity index (χ0) is 9.14. The molecular weight excluding hydrogens is 158 g/mol. The number of benzene rings is 1. The van der Waals surface area contributed by atoms with E-state index in [4.69, 9.17) is 15.9 Å². The van der Waals surface area contributed by atoms with Crippen LogP contribution in [0.5, 0.6) is 0 Å². The van der Waals surface area contributed by atoms with Crippen molar-refractivity contribution in [3.8, 4) is 0 Å². The van der Waals surface area contributed by atoms with Gasteiger partial charge in [-0.1, -0.05) is 18.2 Å². The van der Waals surface area contributed by atoms with Gasteiger partial charge in [0, 0.05) is 11.3 Å². The molecule has 0 unspecified atom stereocenters. The molecule has 1 rings (SSSR count). The third-order valence-electron chi connectivity index (χ3n) is 1.52. The molecule has 1 aromatic rings. The molecule has 0 saturated carbocycles. The fourth-order valence-electron chi connectivity index (χ4n) is 0.893. The molecule has 0 saturated heterocycles. The molecule has 1 atom stereocenters. The van der Waals surface area contributed by atoms with Gasteiger partial charge in [0.2, 0.25) is 0 Å². The van der Waals surface area contributed by atoms with E-state index in [1.165, 1.54) is 6.07 Å². The first-order valence-corrected chi connectivity index (χ1v) is 3.38. The number of nitrogens with two attached hydrogens (primary N) is 1. The number of aliphatic hydroxyl groups is 1. The lowest BCUT2D eigenvalue weighted by Crippen LogP contribution is -2.12. The van der Waals surface area contributed by atoms with Gasteiger partial charge in [-0.3, -0.25) is 0 Å². The van der Waals surface area contributed by atoms with Gasteiger partial charge in [0.1, 0.15) is 0 Å². The third kappa shape index (κ3) is 1.54. The summed E-state index contributed by atoms with van der Waals surface area (Å²) < 4.78 is 0. The number of carboxylic acids is 1. The molecular formula is C8H9NO3. The monoisotopic (exact) mass is 167 g/mol. The SMILES string of the molecule is Nc1ccccc1[C@H](O)C(=O)O. The molecule has 0 spiro atoms. The molecule has 4 heteroatoms. The first-order valence-electron chi connectivity index (χ1n) is 3.38. The van der Waals surface area contributed by atoms with Crippen molar-refractivity contribution in [3.63, 3.8) is 0 Å². The van der Waals surface area contributed by atoms with E-state index in [2.05, 4.69) is 0 Å². The van der Waals surface area contributed by atoms with Crippen LogP contribution in [0.4, 0.5) is 5.69 Å². The van der Waals surface area contributed by atoms with Gasteiger partial charge in [-0.15, -0.1) is 0 Å². The Morgan fingerprint density at radius 1 is 1.42 bits per heavy atom. The summed E-state index contributed by atoms with van der Waals surface area (Å²) in [7, 11) is 0. The number of rotatable bonds is 2. The van der Waals surface area contributed by atoms with Crippen LogP contribution < -0.4 is 5.73 Å². The van der Waals surface area contributed by atoms with Crippen LogP contribution in [0.15, 0.2) is 24.3 Å². The van der Waals surface area contributed by atoms with Gasteiger partial charge in [0.25, 0.3) is 0 Å². The molecule has 0 fully saturated rings. The Kier molecular flexibility index (Phi) is 2.30. The summed E-state index contributed by atoms with van der Waals surface area (Å²) in [6, 6.07) is 6.32. The average molecular weight is 167 g/mol. The number of hydrogen-bond acceptors (Lipinski definition) is 3. The Morgan fingerprint density at radius 3 is 2.50 bits per heavy atom. The van der Waals surface area contributed by atoms with Gasteiger partial charge in [-0.25, -0.2) is 4.79 Å². The highest BCUT2D eigenvalue weighted by molar-refractivity contribution is 5.76. The first kappa shape index (κ1) is 8.55. The van der Waals surface area contributed by atoms with E-state index in [-0.39, 0.29) is 11.3 Å². The largest absolute Gasteiger partial charge is 0.479 e. The predicted octanol–water partition coefficient (Wildman–Crippen LogP) is 0.387. The second-order valence-electron chi connectivity index (χ2n) is 2.37. The number of hydrogen-bond donors (Lipinski definition) is 3. The van der Waals surface area contributed by atoms with Gasteiger partial charge in [0.05, 0.1) is 0 Å². The molecule has 0 aliphatic heterocycles. The fraction of sp³-hybridized carbons (Fsp3) is 0.125. The van der Waals surface area contributed by atoms with Gasteiger partial charge >= 0.3 is 5.97 Å². The Labute approximate surface area is 69.3 Å². The van der Waals surface area contributed by atoms with E-state index in [1.54, 1.807) is 18.2 Å². The number of para-hydroxylation sites is 1. The van der Waals surface area contributed by atoms with Crippen LogP contribution >= 0.6 is 0 Å². The summed E-state index contributed by atoms with van der Waals surface area (Å²) in [5.74, 6) is -1.30. The molecule has 12 heavy (non-hydrogen) atoms. The molecule has 0 radical (unpaired) electrons. The zero-order valence-corrected chi connectivity index (χ0v) is 6.27. The average Bonchev–Trinajstić information content (AvgIpc) is 2.04. The standard InChI is InChI=1S/C8H9NO3/c9-6-4-2-1-3-5(6)7(10)8(11)12/h1-4,7,10H,9H2,(H,11,12)/t7-/m0/s1. The highest BCUT2D eigenvalue weighted by Crippen LogP contribution is 2.19. The van der Waals surface area contributed by atoms with Crippen LogP contribution in [0.2, 0.25) is 0 Å². The summed E-state index contributed by atoms with van der Waals surface area (Å²) in [5, 5.41) is 17.6. The maximum Gasteiger partial charge on any atom is 0.337 e. The third-order valence-corrected chi connectivity index (χ3v) is 1.52. The second-order valence-corrected chi connectivity index (χ2v) is 2.37. The smallest absolute Gasteiger partial charge is 0.337 e. The Hall–Kier alpha value is -1.55. The first-order chi connectivity index (χ1) is 5.63. The summed E-state index contributed by atoms with van der Waals surface area (Å²) in [6.07, 6.45) is -1.54. The van der Waals surface area contributed by atoms with E-state index in [0.717, 1.165) is 0 Å². The fourth-order valence-corrected chi connectivity index (χ4v) is 0.893. The second kappa shape index (κ2) is 3.23. The molecule has 1 aromatic carbocycles. The molecule has 0 aliphatic carbocycles. The minimum Gasteiger partial charge on any atom is -0.479 e. The zero-order valence-electron chi connectivity index (χ0n) is 6.27. The number of carboxylic acid groups (broad SMARTS) is 1. The molecule has 64 valence electrons. The summed E-state index contributed by atoms with van der Waals surface area (Å²) >= 11 is 0. The Bertz CT molecular complexity index is 298. The van der Waals surface area contributed by atoms with E-state index >= 15 is 0 Å². The number of aliphatic hydroxyl groups excluding tert-OH is 1. The van der Waals surface area contributed by atoms with Crippen LogP contribution in [-0.2, 0) is 4.79 Å². The van der Waals surface area contributed by atoms with Crippen molar-refractivity contribution in [2.75, 3.05) is 5.73 Å². The molecule has 0 heterocycles. The lowest BCUT2D eigenvalue weighted by atomic mass is 10.1. The lowest BCUT2D eigenvalue weighted by Gasteiger charge is -2.07. The van der Waals surface area contributed by atoms with E-state index in [9.17, 15) is 4.79 Å². The van der Waals surface area contributed by atoms with Gasteiger partial charge in [-0.05, 0) is 6.07 Å². The van der Waals surface area contributed by atoms with Crippen molar-refractivity contribution in [2.45, 2.75) is 6.10 Å². The van der Waals surface area contributed by atoms with Crippen LogP contribution in [0.3, 0.4) is 0 Å². The Balaban J connectivity index is 3.02. The van der Waals surface area contributed by atoms with E-state index in [0.29, 0.717) is 0 Å². The van der Waals surface area contributed by atoms with Gasteiger partial charge < -0.3 is 15.9 Å². The maximum absolute atomic E-state index is 10.3. The van der Waals surface area contributed by atoms with Gasteiger partial charge in [-0.2, -0.15) is 0 Å². The maximum atomic E-state index is 10.3. The topological polar surface area (TPSA) is 83.5 Å². The number of nitrogen functional groups attached to an aromatic ring is 1. The van der Waals surface area contributed by atoms with Crippen molar-refractivity contribution in [2.24, 2.45) is 0 Å². The highest BCUT2D eigenvalue weighted by Gasteiger charge is 2.17. The summed E-state index contributed by atoms with van der Waals surface area (Å²) in [6.45, 7) is 0.